The number of fused-ring (bicyclic) bond motifs is 6. The van der Waals surface area contributed by atoms with Gasteiger partial charge in [0.2, 0.25) is 0 Å². The molecule has 5 N–H and O–H groups in total. The van der Waals surface area contributed by atoms with Crippen LogP contribution >= 0.6 is 0 Å². The smallest absolute Gasteiger partial charge is 0.122 e. The summed E-state index contributed by atoms with van der Waals surface area (Å²) >= 11 is 0. The molecule has 0 bridgehead atoms. The van der Waals surface area contributed by atoms with Crippen LogP contribution in [0.3, 0.4) is 0 Å². The Kier molecular flexibility index (Phi) is 10.8. The van der Waals surface area contributed by atoms with Gasteiger partial charge in [-0.1, -0.05) is 145 Å². The second-order valence-corrected chi connectivity index (χ2v) is 14.3. The molecule has 2 heterocycles. The number of aromatic nitrogens is 2. The number of nitrogens with two attached hydrogens (primary N) is 2. The monoisotopic (exact) mass is 739 g/mol. The first-order valence-electron chi connectivity index (χ1n) is 19.4. The largest absolute Gasteiger partial charge is 0.384 e. The van der Waals surface area contributed by atoms with Crippen molar-refractivity contribution >= 4 is 49.3 Å². The number of benzene rings is 7. The second-order valence-electron chi connectivity index (χ2n) is 14.3. The van der Waals surface area contributed by atoms with E-state index in [2.05, 4.69) is 151 Å². The van der Waals surface area contributed by atoms with Crippen LogP contribution in [0.2, 0.25) is 0 Å². The molecule has 0 aliphatic heterocycles. The van der Waals surface area contributed by atoms with Crippen molar-refractivity contribution < 1.29 is 0 Å². The van der Waals surface area contributed by atoms with Crippen LogP contribution in [0.25, 0.3) is 71.4 Å². The third kappa shape index (κ3) is 7.75. The lowest BCUT2D eigenvalue weighted by Gasteiger charge is -2.13. The minimum Gasteiger partial charge on any atom is -0.384 e. The maximum absolute atomic E-state index is 7.95. The predicted molar refractivity (Wildman–Crippen MR) is 242 cm³/mol. The first kappa shape index (κ1) is 36.9. The lowest BCUT2D eigenvalue weighted by molar-refractivity contribution is 0.995. The molecule has 278 valence electrons. The molecule has 0 spiro atoms. The molecule has 2 aromatic heterocycles. The first-order chi connectivity index (χ1) is 28.0. The number of nitrogens with zero attached hydrogens (tertiary/aromatic N) is 2. The molecular formula is C52H45N5. The molecule has 0 unspecified atom stereocenters. The number of nitrogen functional groups attached to an aromatic ring is 1. The lowest BCUT2D eigenvalue weighted by atomic mass is 9.92. The second kappa shape index (κ2) is 16.7. The third-order valence-electron chi connectivity index (χ3n) is 10.5. The van der Waals surface area contributed by atoms with E-state index in [1.807, 2.05) is 48.7 Å². The van der Waals surface area contributed by atoms with Gasteiger partial charge in [-0.15, -0.1) is 0 Å². The number of hydrogen-bond donors (Lipinski definition) is 3. The lowest BCUT2D eigenvalue weighted by Crippen LogP contribution is -2.10. The Bertz CT molecular complexity index is 2920. The highest BCUT2D eigenvalue weighted by Gasteiger charge is 2.18. The van der Waals surface area contributed by atoms with E-state index in [1.54, 1.807) is 0 Å². The van der Waals surface area contributed by atoms with Crippen molar-refractivity contribution in [2.75, 3.05) is 6.54 Å². The fourth-order valence-electron chi connectivity index (χ4n) is 7.69. The van der Waals surface area contributed by atoms with E-state index < -0.39 is 0 Å². The molecule has 0 saturated carbocycles. The van der Waals surface area contributed by atoms with Crippen LogP contribution in [0.5, 0.6) is 0 Å². The van der Waals surface area contributed by atoms with Gasteiger partial charge in [-0.2, -0.15) is 0 Å². The Morgan fingerprint density at radius 3 is 2.12 bits per heavy atom. The molecule has 10 rings (SSSR count). The van der Waals surface area contributed by atoms with Crippen LogP contribution in [0.4, 0.5) is 0 Å². The third-order valence-corrected chi connectivity index (χ3v) is 10.5. The molecule has 57 heavy (non-hydrogen) atoms. The quantitative estimate of drug-likeness (QED) is 0.121. The van der Waals surface area contributed by atoms with Crippen molar-refractivity contribution in [3.8, 4) is 27.9 Å². The van der Waals surface area contributed by atoms with Gasteiger partial charge < -0.3 is 16.0 Å². The molecule has 5 nitrogen and oxygen atoms in total. The first-order valence-corrected chi connectivity index (χ1v) is 19.4. The fraction of sp³-hybridized carbons (Fsp3) is 0.0769. The number of allylic oxidation sites excluding steroid dienone is 2. The Balaban J connectivity index is 0.000000254. The Morgan fingerprint density at radius 2 is 1.40 bits per heavy atom. The average molecular weight is 740 g/mol. The van der Waals surface area contributed by atoms with Crippen molar-refractivity contribution in [2.45, 2.75) is 19.8 Å². The van der Waals surface area contributed by atoms with E-state index in [0.717, 1.165) is 38.8 Å². The van der Waals surface area contributed by atoms with Crippen LogP contribution in [-0.4, -0.2) is 21.9 Å². The summed E-state index contributed by atoms with van der Waals surface area (Å²) in [5.41, 5.74) is 23.3. The summed E-state index contributed by atoms with van der Waals surface area (Å²) in [5.74, 6) is 0.0585. The van der Waals surface area contributed by atoms with E-state index in [4.69, 9.17) is 21.9 Å². The Morgan fingerprint density at radius 1 is 0.667 bits per heavy atom. The number of aryl methyl sites for hydroxylation is 1. The summed E-state index contributed by atoms with van der Waals surface area (Å²) in [5, 5.41) is 13.9. The van der Waals surface area contributed by atoms with Crippen molar-refractivity contribution in [1.29, 1.82) is 5.41 Å². The van der Waals surface area contributed by atoms with E-state index in [1.165, 1.54) is 56.6 Å². The molecule has 0 fully saturated rings. The van der Waals surface area contributed by atoms with E-state index >= 15 is 0 Å². The molecule has 1 aliphatic rings. The number of pyridine rings is 1. The van der Waals surface area contributed by atoms with Gasteiger partial charge in [0, 0.05) is 45.5 Å². The molecule has 1 aliphatic carbocycles. The molecule has 0 amide bonds. The number of rotatable bonds is 5. The van der Waals surface area contributed by atoms with E-state index in [9.17, 15) is 0 Å². The summed E-state index contributed by atoms with van der Waals surface area (Å²) in [6.45, 7) is 2.77. The molecule has 9 aromatic rings. The highest BCUT2D eigenvalue weighted by Crippen LogP contribution is 2.41. The minimum absolute atomic E-state index is 0.0585. The SMILES string of the molecule is Cc1ccccc1.N=C(N)c1cccc(-c2cccc3nccc(-c4ccc5c(c4)c4ccc6ccccc6c4n5-c4ccccc4)c23)c1.NCC1=CCCC=C1. The number of hydrogen-bond acceptors (Lipinski definition) is 3. The molecular weight excluding hydrogens is 695 g/mol. The van der Waals surface area contributed by atoms with E-state index in [0.29, 0.717) is 12.1 Å². The van der Waals surface area contributed by atoms with Crippen molar-refractivity contribution in [3.05, 3.63) is 205 Å². The zero-order chi connectivity index (χ0) is 39.1. The standard InChI is InChI=1S/C38H26N4.C7H11N.C7H8/c39-38(40)27-10-6-9-25(22-27)29-14-7-15-34-36(29)30(20-21-41-34)26-17-19-35-33(23-26)32-18-16-24-8-4-5-13-31(24)37(32)42(35)28-11-2-1-3-12-28;8-6-7-4-2-1-3-5-7;1-7-5-3-2-4-6-7/h1-23H,(H3,39,40);2,4-5H,1,3,6,8H2;2-6H,1H3. The average Bonchev–Trinajstić information content (AvgIpc) is 3.61. The number of para-hydroxylation sites is 1. The van der Waals surface area contributed by atoms with Gasteiger partial charge in [0.1, 0.15) is 5.84 Å². The van der Waals surface area contributed by atoms with Crippen molar-refractivity contribution in [2.24, 2.45) is 11.5 Å². The van der Waals surface area contributed by atoms with Gasteiger partial charge in [-0.25, -0.2) is 0 Å². The summed E-state index contributed by atoms with van der Waals surface area (Å²) < 4.78 is 2.39. The Hall–Kier alpha value is -7.08. The van der Waals surface area contributed by atoms with Crippen molar-refractivity contribution in [3.63, 3.8) is 0 Å². The zero-order valence-corrected chi connectivity index (χ0v) is 32.1. The number of amidine groups is 1. The fourth-order valence-corrected chi connectivity index (χ4v) is 7.69. The van der Waals surface area contributed by atoms with Crippen LogP contribution in [0.15, 0.2) is 194 Å². The minimum atomic E-state index is 0.0585. The van der Waals surface area contributed by atoms with Crippen LogP contribution in [0.1, 0.15) is 24.0 Å². The summed E-state index contributed by atoms with van der Waals surface area (Å²) in [7, 11) is 0. The van der Waals surface area contributed by atoms with Gasteiger partial charge in [0.05, 0.1) is 16.6 Å². The molecule has 0 atom stereocenters. The summed E-state index contributed by atoms with van der Waals surface area (Å²) in [4.78, 5) is 4.73. The van der Waals surface area contributed by atoms with Gasteiger partial charge in [0.15, 0.2) is 0 Å². The highest BCUT2D eigenvalue weighted by molar-refractivity contribution is 6.19. The summed E-state index contributed by atoms with van der Waals surface area (Å²) in [6.07, 6.45) is 10.7. The van der Waals surface area contributed by atoms with Gasteiger partial charge >= 0.3 is 0 Å². The predicted octanol–water partition coefficient (Wildman–Crippen LogP) is 12.3. The number of nitrogens with one attached hydrogen (secondary N) is 1. The highest BCUT2D eigenvalue weighted by atomic mass is 15.0. The van der Waals surface area contributed by atoms with E-state index in [-0.39, 0.29) is 5.84 Å². The maximum atomic E-state index is 7.95. The van der Waals surface area contributed by atoms with Crippen molar-refractivity contribution in [1.82, 2.24) is 9.55 Å². The van der Waals surface area contributed by atoms with Crippen LogP contribution in [-0.2, 0) is 0 Å². The maximum Gasteiger partial charge on any atom is 0.122 e. The molecule has 5 heteroatoms. The summed E-state index contributed by atoms with van der Waals surface area (Å²) in [6, 6.07) is 56.9. The normalized spacial score (nSPS) is 12.1. The van der Waals surface area contributed by atoms with Gasteiger partial charge in [0.25, 0.3) is 0 Å². The zero-order valence-electron chi connectivity index (χ0n) is 32.1. The topological polar surface area (TPSA) is 93.7 Å². The molecule has 0 radical (unpaired) electrons. The molecule has 0 saturated heterocycles. The van der Waals surface area contributed by atoms with Gasteiger partial charge in [-0.3, -0.25) is 10.4 Å². The van der Waals surface area contributed by atoms with Crippen LogP contribution in [0, 0.1) is 12.3 Å². The van der Waals surface area contributed by atoms with Crippen LogP contribution < -0.4 is 11.5 Å². The molecule has 7 aromatic carbocycles. The van der Waals surface area contributed by atoms with Gasteiger partial charge in [-0.05, 0) is 95.4 Å². The Labute approximate surface area is 333 Å².